The van der Waals surface area contributed by atoms with Crippen molar-refractivity contribution in [2.24, 2.45) is 0 Å². The number of nitrogens with one attached hydrogen (secondary N) is 1. The summed E-state index contributed by atoms with van der Waals surface area (Å²) in [7, 11) is -1.01. The molecule has 0 unspecified atom stereocenters. The summed E-state index contributed by atoms with van der Waals surface area (Å²) in [4.78, 5) is 11.0. The van der Waals surface area contributed by atoms with Gasteiger partial charge in [-0.05, 0) is 25.1 Å². The minimum atomic E-state index is -3.72. The van der Waals surface area contributed by atoms with Crippen molar-refractivity contribution >= 4 is 27.6 Å². The molecular weight excluding hydrogens is 334 g/mol. The van der Waals surface area contributed by atoms with Crippen LogP contribution in [-0.2, 0) is 24.3 Å². The SMILES string of the molecule is COC[C@H](C)NS(=O)(=O)c1ccc(OCC(=O)OC)c(Cl)c1. The van der Waals surface area contributed by atoms with Crippen molar-refractivity contribution in [2.75, 3.05) is 27.4 Å². The van der Waals surface area contributed by atoms with Crippen LogP contribution in [0, 0.1) is 0 Å². The smallest absolute Gasteiger partial charge is 0.343 e. The number of rotatable bonds is 8. The molecule has 0 fully saturated rings. The lowest BCUT2D eigenvalue weighted by molar-refractivity contribution is -0.142. The van der Waals surface area contributed by atoms with E-state index in [0.29, 0.717) is 0 Å². The van der Waals surface area contributed by atoms with Crippen LogP contribution < -0.4 is 9.46 Å². The Bertz CT molecular complexity index is 619. The lowest BCUT2D eigenvalue weighted by atomic mass is 10.3. The third-order valence-electron chi connectivity index (χ3n) is 2.56. The van der Waals surface area contributed by atoms with Crippen molar-refractivity contribution < 1.29 is 27.4 Å². The third-order valence-corrected chi connectivity index (χ3v) is 4.44. The second-order valence-electron chi connectivity index (χ2n) is 4.43. The summed E-state index contributed by atoms with van der Waals surface area (Å²) in [5, 5.41) is 0.0752. The van der Waals surface area contributed by atoms with Crippen molar-refractivity contribution in [2.45, 2.75) is 17.9 Å². The van der Waals surface area contributed by atoms with Crippen LogP contribution in [0.25, 0.3) is 0 Å². The van der Waals surface area contributed by atoms with E-state index in [-0.39, 0.29) is 34.9 Å². The number of hydrogen-bond donors (Lipinski definition) is 1. The Balaban J connectivity index is 2.85. The molecule has 0 bridgehead atoms. The summed E-state index contributed by atoms with van der Waals surface area (Å²) in [5.74, 6) is -0.376. The van der Waals surface area contributed by atoms with E-state index >= 15 is 0 Å². The molecule has 0 radical (unpaired) electrons. The van der Waals surface area contributed by atoms with Crippen LogP contribution in [0.15, 0.2) is 23.1 Å². The maximum atomic E-state index is 12.2. The van der Waals surface area contributed by atoms with Crippen LogP contribution >= 0.6 is 11.6 Å². The Labute approximate surface area is 134 Å². The number of halogens is 1. The fourth-order valence-electron chi connectivity index (χ4n) is 1.58. The topological polar surface area (TPSA) is 90.9 Å². The highest BCUT2D eigenvalue weighted by atomic mass is 35.5. The first kappa shape index (κ1) is 18.7. The Morgan fingerprint density at radius 3 is 2.59 bits per heavy atom. The zero-order valence-corrected chi connectivity index (χ0v) is 14.0. The van der Waals surface area contributed by atoms with Gasteiger partial charge in [-0.25, -0.2) is 17.9 Å². The zero-order valence-electron chi connectivity index (χ0n) is 12.5. The number of sulfonamides is 1. The summed E-state index contributed by atoms with van der Waals surface area (Å²) in [5.41, 5.74) is 0. The van der Waals surface area contributed by atoms with E-state index in [0.717, 1.165) is 0 Å². The second-order valence-corrected chi connectivity index (χ2v) is 6.56. The quantitative estimate of drug-likeness (QED) is 0.708. The lowest BCUT2D eigenvalue weighted by Crippen LogP contribution is -2.35. The summed E-state index contributed by atoms with van der Waals surface area (Å²) < 4.78 is 41.2. The van der Waals surface area contributed by atoms with Crippen molar-refractivity contribution in [3.05, 3.63) is 23.2 Å². The summed E-state index contributed by atoms with van der Waals surface area (Å²) >= 11 is 5.97. The number of hydrogen-bond acceptors (Lipinski definition) is 6. The third kappa shape index (κ3) is 5.45. The van der Waals surface area contributed by atoms with E-state index in [1.165, 1.54) is 32.4 Å². The molecule has 0 amide bonds. The maximum Gasteiger partial charge on any atom is 0.343 e. The van der Waals surface area contributed by atoms with Crippen molar-refractivity contribution in [3.8, 4) is 5.75 Å². The first-order valence-corrected chi connectivity index (χ1v) is 8.16. The van der Waals surface area contributed by atoms with Crippen LogP contribution in [0.1, 0.15) is 6.92 Å². The molecule has 7 nitrogen and oxygen atoms in total. The molecule has 1 aromatic carbocycles. The average Bonchev–Trinajstić information content (AvgIpc) is 2.45. The van der Waals surface area contributed by atoms with Crippen molar-refractivity contribution in [3.63, 3.8) is 0 Å². The zero-order chi connectivity index (χ0) is 16.8. The van der Waals surface area contributed by atoms with Gasteiger partial charge in [0, 0.05) is 13.2 Å². The second kappa shape index (κ2) is 8.33. The largest absolute Gasteiger partial charge is 0.480 e. The van der Waals surface area contributed by atoms with E-state index < -0.39 is 16.0 Å². The van der Waals surface area contributed by atoms with Gasteiger partial charge >= 0.3 is 5.97 Å². The normalized spacial score (nSPS) is 12.7. The van der Waals surface area contributed by atoms with Gasteiger partial charge in [-0.15, -0.1) is 0 Å². The van der Waals surface area contributed by atoms with E-state index in [4.69, 9.17) is 21.1 Å². The molecule has 124 valence electrons. The van der Waals surface area contributed by atoms with Crippen molar-refractivity contribution in [1.29, 1.82) is 0 Å². The molecule has 1 atom stereocenters. The number of esters is 1. The first-order chi connectivity index (χ1) is 10.3. The highest BCUT2D eigenvalue weighted by Crippen LogP contribution is 2.27. The molecular formula is C13H18ClNO6S. The predicted octanol–water partition coefficient (Wildman–Crippen LogP) is 1.20. The van der Waals surface area contributed by atoms with Gasteiger partial charge < -0.3 is 14.2 Å². The van der Waals surface area contributed by atoms with E-state index in [1.807, 2.05) is 0 Å². The lowest BCUT2D eigenvalue weighted by Gasteiger charge is -2.14. The molecule has 0 aromatic heterocycles. The minimum Gasteiger partial charge on any atom is -0.480 e. The number of carbonyl (C=O) groups excluding carboxylic acids is 1. The van der Waals surface area contributed by atoms with E-state index in [2.05, 4.69) is 9.46 Å². The summed E-state index contributed by atoms with van der Waals surface area (Å²) in [6, 6.07) is 3.57. The summed E-state index contributed by atoms with van der Waals surface area (Å²) in [6.45, 7) is 1.61. The first-order valence-electron chi connectivity index (χ1n) is 6.30. The van der Waals surface area contributed by atoms with Crippen LogP contribution in [0.5, 0.6) is 5.75 Å². The van der Waals surface area contributed by atoms with Crippen LogP contribution in [0.4, 0.5) is 0 Å². The van der Waals surface area contributed by atoms with Crippen molar-refractivity contribution in [1.82, 2.24) is 4.72 Å². The highest BCUT2D eigenvalue weighted by Gasteiger charge is 2.19. The summed E-state index contributed by atoms with van der Waals surface area (Å²) in [6.07, 6.45) is 0. The molecule has 0 spiro atoms. The Kier molecular flexibility index (Phi) is 7.08. The monoisotopic (exact) mass is 351 g/mol. The standard InChI is InChI=1S/C13H18ClNO6S/c1-9(7-19-2)15-22(17,18)10-4-5-12(11(14)6-10)21-8-13(16)20-3/h4-6,9,15H,7-8H2,1-3H3/t9-/m0/s1. The van der Waals surface area contributed by atoms with Gasteiger partial charge in [-0.3, -0.25) is 0 Å². The van der Waals surface area contributed by atoms with Gasteiger partial charge in [0.25, 0.3) is 0 Å². The molecule has 0 heterocycles. The highest BCUT2D eigenvalue weighted by molar-refractivity contribution is 7.89. The molecule has 1 N–H and O–H groups in total. The van der Waals surface area contributed by atoms with E-state index in [9.17, 15) is 13.2 Å². The molecule has 0 aliphatic heterocycles. The molecule has 0 aliphatic rings. The maximum absolute atomic E-state index is 12.2. The van der Waals surface area contributed by atoms with Gasteiger partial charge in [0.05, 0.1) is 23.6 Å². The fraction of sp³-hybridized carbons (Fsp3) is 0.462. The Morgan fingerprint density at radius 1 is 1.36 bits per heavy atom. The number of ether oxygens (including phenoxy) is 3. The van der Waals surface area contributed by atoms with Gasteiger partial charge in [0.15, 0.2) is 6.61 Å². The average molecular weight is 352 g/mol. The molecule has 22 heavy (non-hydrogen) atoms. The van der Waals surface area contributed by atoms with Crippen LogP contribution in [-0.4, -0.2) is 47.9 Å². The van der Waals surface area contributed by atoms with Gasteiger partial charge in [-0.1, -0.05) is 11.6 Å². The van der Waals surface area contributed by atoms with E-state index in [1.54, 1.807) is 6.92 Å². The van der Waals surface area contributed by atoms with Crippen LogP contribution in [0.3, 0.4) is 0 Å². The van der Waals surface area contributed by atoms with Gasteiger partial charge in [0.2, 0.25) is 10.0 Å². The molecule has 1 aromatic rings. The fourth-order valence-corrected chi connectivity index (χ4v) is 3.13. The molecule has 0 aliphatic carbocycles. The molecule has 9 heteroatoms. The molecule has 0 saturated carbocycles. The Morgan fingerprint density at radius 2 is 2.05 bits per heavy atom. The molecule has 0 saturated heterocycles. The van der Waals surface area contributed by atoms with Crippen LogP contribution in [0.2, 0.25) is 5.02 Å². The predicted molar refractivity (Wildman–Crippen MR) is 80.6 cm³/mol. The number of benzene rings is 1. The van der Waals surface area contributed by atoms with Gasteiger partial charge in [-0.2, -0.15) is 0 Å². The minimum absolute atomic E-state index is 0.00845. The van der Waals surface area contributed by atoms with Gasteiger partial charge in [0.1, 0.15) is 5.75 Å². The number of methoxy groups -OCH3 is 2. The Hall–Kier alpha value is -1.35. The molecule has 1 rings (SSSR count). The number of carbonyl (C=O) groups is 1.